The van der Waals surface area contributed by atoms with Gasteiger partial charge in [0, 0.05) is 26.2 Å². The second kappa shape index (κ2) is 23.9. The summed E-state index contributed by atoms with van der Waals surface area (Å²) >= 11 is 0. The number of aryl methyl sites for hydroxylation is 1. The Morgan fingerprint density at radius 2 is 1.15 bits per heavy atom. The summed E-state index contributed by atoms with van der Waals surface area (Å²) in [5.41, 5.74) is 3.80. The molecule has 0 atom stereocenters. The summed E-state index contributed by atoms with van der Waals surface area (Å²) in [4.78, 5) is 46.1. The maximum Gasteiger partial charge on any atom is 0.416 e. The number of carbonyl (C=O) groups excluding carboxylic acids is 3. The molecule has 4 saturated heterocycles. The molecule has 4 fully saturated rings. The van der Waals surface area contributed by atoms with Gasteiger partial charge in [0.2, 0.25) is 0 Å². The van der Waals surface area contributed by atoms with Crippen LogP contribution in [0, 0.1) is 24.2 Å². The number of likely N-dealkylation sites (tertiary alicyclic amines) is 3. The Kier molecular flexibility index (Phi) is 19.9. The smallest absolute Gasteiger partial charge is 0.416 e. The highest BCUT2D eigenvalue weighted by Gasteiger charge is 2.36. The number of carbonyl (C=O) groups is 2. The van der Waals surface area contributed by atoms with Crippen molar-refractivity contribution < 1.29 is 51.7 Å². The number of rotatable bonds is 11. The molecule has 66 heavy (non-hydrogen) atoms. The van der Waals surface area contributed by atoms with Gasteiger partial charge in [0.15, 0.2) is 0 Å². The minimum atomic E-state index is -4.42. The third-order valence-corrected chi connectivity index (χ3v) is 13.4. The summed E-state index contributed by atoms with van der Waals surface area (Å²) in [6, 6.07) is 11.0. The van der Waals surface area contributed by atoms with E-state index in [2.05, 4.69) is 63.0 Å². The first kappa shape index (κ1) is 54.8. The van der Waals surface area contributed by atoms with Crippen molar-refractivity contribution in [2.75, 3.05) is 52.4 Å². The van der Waals surface area contributed by atoms with E-state index in [1.54, 1.807) is 6.07 Å². The fourth-order valence-electron chi connectivity index (χ4n) is 9.28. The van der Waals surface area contributed by atoms with Crippen molar-refractivity contribution in [3.63, 3.8) is 0 Å². The molecule has 15 heteroatoms. The van der Waals surface area contributed by atoms with Crippen LogP contribution in [0.25, 0.3) is 0 Å². The van der Waals surface area contributed by atoms with Crippen molar-refractivity contribution >= 4 is 18.2 Å². The van der Waals surface area contributed by atoms with Gasteiger partial charge in [0.25, 0.3) is 0 Å². The molecule has 0 aliphatic carbocycles. The standard InChI is InChI=1S/C29H48N2O3.C21H29F3N2O3.CO2/c1-22-17-23(20-30-13-9-25(10-14-30)27(2,3)4)19-24(18-22)21-33-29(8)11-15-31(16-12-29)26(32)34-28(5,6)7;1-20(4-6-25-7-5-20)29-14-16-10-15(11-18(12-16)21(22,23)24)13-26-8-2-17(3-9-26)19(27)28;2-1-3/h17-19,25H,9-16,20-21H2,1-8H3;10-12,17,25H,2-9,13-14H2,1H3,(H,27,28);. The highest BCUT2D eigenvalue weighted by atomic mass is 19.4. The van der Waals surface area contributed by atoms with Crippen LogP contribution in [0.3, 0.4) is 0 Å². The number of alkyl halides is 3. The van der Waals surface area contributed by atoms with Crippen LogP contribution >= 0.6 is 0 Å². The molecule has 12 nitrogen and oxygen atoms in total. The number of hydrogen-bond acceptors (Lipinski definition) is 10. The summed E-state index contributed by atoms with van der Waals surface area (Å²) in [5.74, 6) is -0.329. The minimum Gasteiger partial charge on any atom is -0.481 e. The van der Waals surface area contributed by atoms with Gasteiger partial charge in [-0.15, -0.1) is 0 Å². The largest absolute Gasteiger partial charge is 0.481 e. The number of amides is 1. The maximum atomic E-state index is 13.4. The molecule has 2 aromatic carbocycles. The van der Waals surface area contributed by atoms with Crippen LogP contribution in [0.4, 0.5) is 18.0 Å². The molecule has 0 saturated carbocycles. The van der Waals surface area contributed by atoms with Crippen molar-refractivity contribution in [2.24, 2.45) is 17.3 Å². The summed E-state index contributed by atoms with van der Waals surface area (Å²) in [7, 11) is 0. The lowest BCUT2D eigenvalue weighted by atomic mass is 9.75. The zero-order chi connectivity index (χ0) is 48.9. The lowest BCUT2D eigenvalue weighted by Crippen LogP contribution is -2.47. The van der Waals surface area contributed by atoms with Crippen LogP contribution in [0.15, 0.2) is 36.4 Å². The molecule has 0 bridgehead atoms. The van der Waals surface area contributed by atoms with E-state index in [4.69, 9.17) is 28.9 Å². The number of carboxylic acid groups (broad SMARTS) is 1. The molecule has 0 aromatic heterocycles. The zero-order valence-corrected chi connectivity index (χ0v) is 41.0. The number of nitrogens with one attached hydrogen (secondary N) is 1. The third kappa shape index (κ3) is 18.3. The minimum absolute atomic E-state index is 0.147. The number of piperidine rings is 4. The SMILES string of the molecule is CC1(OCc2cc(CN3CCC(C(=O)O)CC3)cc(C(F)(F)F)c2)CCNCC1.Cc1cc(COC2(C)CCN(C(=O)OC(C)(C)C)CC2)cc(CN2CCC(C(C)(C)C)CC2)c1.O=C=O. The number of carboxylic acids is 1. The fraction of sp³-hybridized carbons (Fsp3) is 0.706. The van der Waals surface area contributed by atoms with E-state index in [0.717, 1.165) is 51.2 Å². The van der Waals surface area contributed by atoms with Crippen molar-refractivity contribution in [1.29, 1.82) is 0 Å². The summed E-state index contributed by atoms with van der Waals surface area (Å²) < 4.78 is 58.2. The van der Waals surface area contributed by atoms with Gasteiger partial charge < -0.3 is 29.5 Å². The predicted molar refractivity (Wildman–Crippen MR) is 246 cm³/mol. The Bertz CT molecular complexity index is 1890. The Hall–Kier alpha value is -3.85. The number of nitrogens with zero attached hydrogens (tertiary/aromatic N) is 3. The lowest BCUT2D eigenvalue weighted by molar-refractivity contribution is -0.191. The zero-order valence-electron chi connectivity index (χ0n) is 41.0. The van der Waals surface area contributed by atoms with Crippen molar-refractivity contribution in [3.05, 3.63) is 69.8 Å². The molecule has 2 N–H and O–H groups in total. The van der Waals surface area contributed by atoms with Gasteiger partial charge in [-0.25, -0.2) is 4.79 Å². The summed E-state index contributed by atoms with van der Waals surface area (Å²) in [5, 5.41) is 12.4. The van der Waals surface area contributed by atoms with E-state index >= 15 is 0 Å². The normalized spacial score (nSPS) is 20.0. The molecule has 370 valence electrons. The Balaban J connectivity index is 0.000000275. The molecule has 2 aromatic rings. The van der Waals surface area contributed by atoms with Crippen LogP contribution in [0.2, 0.25) is 0 Å². The van der Waals surface area contributed by atoms with E-state index in [1.165, 1.54) is 54.8 Å². The summed E-state index contributed by atoms with van der Waals surface area (Å²) in [6.45, 7) is 27.9. The van der Waals surface area contributed by atoms with Gasteiger partial charge in [-0.05, 0) is 178 Å². The quantitative estimate of drug-likeness (QED) is 0.223. The van der Waals surface area contributed by atoms with Gasteiger partial charge in [0.1, 0.15) is 5.60 Å². The first-order valence-corrected chi connectivity index (χ1v) is 23.7. The molecule has 0 unspecified atom stereocenters. The molecule has 0 spiro atoms. The molecule has 1 amide bonds. The molecular formula is C51H77F3N4O8. The lowest BCUT2D eigenvalue weighted by Gasteiger charge is -2.39. The van der Waals surface area contributed by atoms with Crippen LogP contribution < -0.4 is 5.32 Å². The van der Waals surface area contributed by atoms with E-state index < -0.39 is 23.3 Å². The van der Waals surface area contributed by atoms with E-state index in [1.807, 2.05) is 37.5 Å². The molecule has 4 aliphatic heterocycles. The number of ether oxygens (including phenoxy) is 3. The highest BCUT2D eigenvalue weighted by Crippen LogP contribution is 2.36. The Labute approximate surface area is 391 Å². The van der Waals surface area contributed by atoms with Gasteiger partial charge in [-0.2, -0.15) is 22.8 Å². The number of halogens is 3. The fourth-order valence-corrected chi connectivity index (χ4v) is 9.28. The Morgan fingerprint density at radius 1 is 0.712 bits per heavy atom. The molecule has 6 rings (SSSR count). The maximum absolute atomic E-state index is 13.4. The number of aliphatic carboxylic acids is 1. The van der Waals surface area contributed by atoms with Crippen molar-refractivity contribution in [3.8, 4) is 0 Å². The van der Waals surface area contributed by atoms with Gasteiger partial charge in [-0.1, -0.05) is 50.6 Å². The van der Waals surface area contributed by atoms with Crippen LogP contribution in [-0.4, -0.2) is 107 Å². The monoisotopic (exact) mass is 931 g/mol. The average Bonchev–Trinajstić information content (AvgIpc) is 3.22. The third-order valence-electron chi connectivity index (χ3n) is 13.4. The predicted octanol–water partition coefficient (Wildman–Crippen LogP) is 9.64. The molecular weight excluding hydrogens is 854 g/mol. The van der Waals surface area contributed by atoms with E-state index in [0.29, 0.717) is 68.7 Å². The van der Waals surface area contributed by atoms with Gasteiger partial charge in [-0.3, -0.25) is 14.6 Å². The van der Waals surface area contributed by atoms with Gasteiger partial charge >= 0.3 is 24.4 Å². The second-order valence-electron chi connectivity index (χ2n) is 21.4. The first-order valence-electron chi connectivity index (χ1n) is 23.7. The van der Waals surface area contributed by atoms with Gasteiger partial charge in [0.05, 0.1) is 35.9 Å². The van der Waals surface area contributed by atoms with E-state index in [9.17, 15) is 22.8 Å². The number of hydrogen-bond donors (Lipinski definition) is 2. The number of benzene rings is 2. The molecule has 0 radical (unpaired) electrons. The highest BCUT2D eigenvalue weighted by molar-refractivity contribution is 5.70. The molecule has 4 heterocycles. The Morgan fingerprint density at radius 3 is 1.62 bits per heavy atom. The first-order chi connectivity index (χ1) is 30.8. The van der Waals surface area contributed by atoms with Crippen LogP contribution in [-0.2, 0) is 61.1 Å². The second-order valence-corrected chi connectivity index (χ2v) is 21.4. The van der Waals surface area contributed by atoms with Crippen LogP contribution in [0.1, 0.15) is 140 Å². The van der Waals surface area contributed by atoms with E-state index in [-0.39, 0.29) is 36.0 Å². The van der Waals surface area contributed by atoms with Crippen molar-refractivity contribution in [1.82, 2.24) is 20.0 Å². The molecule has 4 aliphatic rings. The van der Waals surface area contributed by atoms with Crippen molar-refractivity contribution in [2.45, 2.75) is 163 Å². The topological polar surface area (TPSA) is 138 Å². The average molecular weight is 931 g/mol. The summed E-state index contributed by atoms with van der Waals surface area (Å²) in [6.07, 6.45) is 2.57. The van der Waals surface area contributed by atoms with Crippen LogP contribution in [0.5, 0.6) is 0 Å².